The molecule has 0 amide bonds. The summed E-state index contributed by atoms with van der Waals surface area (Å²) in [4.78, 5) is 101. The third kappa shape index (κ3) is 12.5. The number of hydrogen-bond donors (Lipinski definition) is 14. The summed E-state index contributed by atoms with van der Waals surface area (Å²) < 4.78 is 119. The van der Waals surface area contributed by atoms with E-state index in [1.807, 2.05) is 0 Å². The van der Waals surface area contributed by atoms with Crippen LogP contribution in [0.3, 0.4) is 0 Å². The number of anilines is 4. The molecule has 0 aliphatic carbocycles. The summed E-state index contributed by atoms with van der Waals surface area (Å²) in [6.45, 7) is -3.95. The number of aliphatic hydroxyl groups excluding tert-OH is 5. The van der Waals surface area contributed by atoms with Crippen molar-refractivity contribution in [2.24, 2.45) is 0 Å². The van der Waals surface area contributed by atoms with Gasteiger partial charge in [-0.05, 0) is 0 Å². The number of hydrogen-bond acceptors (Lipinski definition) is 36. The topological polar surface area (TPSA) is 651 Å². The molecule has 45 nitrogen and oxygen atoms in total. The van der Waals surface area contributed by atoms with E-state index in [1.165, 1.54) is 15.5 Å². The van der Waals surface area contributed by atoms with Gasteiger partial charge in [0.1, 0.15) is 127 Å². The molecule has 486 valence electrons. The molecule has 90 heavy (non-hydrogen) atoms. The Bertz CT molecular complexity index is 4170. The molecular weight excluding hydrogens is 1300 g/mol. The number of imidazole rings is 4. The lowest BCUT2D eigenvalue weighted by Crippen LogP contribution is -2.37. The molecule has 0 spiro atoms. The lowest BCUT2D eigenvalue weighted by Gasteiger charge is -2.25. The second-order valence-electron chi connectivity index (χ2n) is 20.2. The van der Waals surface area contributed by atoms with E-state index in [2.05, 4.69) is 64.3 Å². The Morgan fingerprint density at radius 1 is 0.400 bits per heavy atom. The minimum Gasteiger partial charge on any atom is -0.387 e. The van der Waals surface area contributed by atoms with Gasteiger partial charge in [0, 0.05) is 0 Å². The Morgan fingerprint density at radius 2 is 0.711 bits per heavy atom. The molecule has 3 unspecified atom stereocenters. The van der Waals surface area contributed by atoms with Gasteiger partial charge in [-0.15, -0.1) is 0 Å². The van der Waals surface area contributed by atoms with Crippen LogP contribution in [-0.2, 0) is 69.1 Å². The van der Waals surface area contributed by atoms with Crippen LogP contribution in [0.2, 0.25) is 0 Å². The first kappa shape index (κ1) is 63.6. The number of nitrogens with zero attached hydrogens (tertiary/aromatic N) is 16. The Morgan fingerprint density at radius 3 is 1.09 bits per heavy atom. The smallest absolute Gasteiger partial charge is 0.387 e. The van der Waals surface area contributed by atoms with Crippen molar-refractivity contribution in [2.45, 2.75) is 98.2 Å². The molecule has 4 aliphatic heterocycles. The number of ether oxygens (including phenoxy) is 5. The van der Waals surface area contributed by atoms with E-state index in [0.29, 0.717) is 0 Å². The van der Waals surface area contributed by atoms with E-state index in [4.69, 9.17) is 69.2 Å². The van der Waals surface area contributed by atoms with Crippen molar-refractivity contribution < 1.29 is 119 Å². The Labute approximate surface area is 499 Å². The average Bonchev–Trinajstić information content (AvgIpc) is 1.65. The van der Waals surface area contributed by atoms with Crippen molar-refractivity contribution in [1.82, 2.24) is 78.1 Å². The first-order chi connectivity index (χ1) is 42.7. The predicted octanol–water partition coefficient (Wildman–Crippen LogP) is -4.27. The third-order valence-electron chi connectivity index (χ3n) is 14.5. The second kappa shape index (κ2) is 24.5. The first-order valence-electron chi connectivity index (χ1n) is 26.0. The van der Waals surface area contributed by atoms with Gasteiger partial charge in [0.15, 0.2) is 70.8 Å². The SMILES string of the molecule is Nc1ncnc2c1ncn2[C@@H]1O[C@H](COP(=O)(O)CO[C@@H]2[C@@H](O)[C@@H](COP(=O)(O)O[C@@H]3[C@H](O)[C@@H](COP(=O)(O)O[C@@H]4[C@H](O)[C@@H](COP(=O)(O)O)O[C@H]4n4cnc5c(N)ncnc54)O[C@H]3n3cnc4c(N)ncnc43)O[C@H]2n2cnc3c(N)ncnc32)[C@@H](O)[C@H]1O. The third-order valence-corrected chi connectivity index (χ3v) is 18.0. The lowest BCUT2D eigenvalue weighted by molar-refractivity contribution is -0.0692. The van der Waals surface area contributed by atoms with E-state index in [1.54, 1.807) is 0 Å². The number of aliphatic hydroxyl groups is 5. The molecular formula is C41H52N20O25P4. The van der Waals surface area contributed by atoms with E-state index >= 15 is 0 Å². The molecule has 19 atom stereocenters. The monoisotopic (exact) mass is 1350 g/mol. The van der Waals surface area contributed by atoms with Gasteiger partial charge >= 0.3 is 31.1 Å². The highest BCUT2D eigenvalue weighted by Crippen LogP contribution is 2.54. The largest absolute Gasteiger partial charge is 0.472 e. The number of phosphoric ester groups is 3. The minimum absolute atomic E-state index is 0.00318. The van der Waals surface area contributed by atoms with Gasteiger partial charge in [-0.3, -0.25) is 45.5 Å². The van der Waals surface area contributed by atoms with Crippen molar-refractivity contribution in [1.29, 1.82) is 0 Å². The van der Waals surface area contributed by atoms with E-state index in [9.17, 15) is 68.3 Å². The summed E-state index contributed by atoms with van der Waals surface area (Å²) in [5, 5.41) is 56.7. The lowest BCUT2D eigenvalue weighted by atomic mass is 10.1. The Hall–Kier alpha value is -6.52. The zero-order valence-electron chi connectivity index (χ0n) is 45.2. The van der Waals surface area contributed by atoms with Crippen LogP contribution < -0.4 is 22.9 Å². The summed E-state index contributed by atoms with van der Waals surface area (Å²) >= 11 is 0. The quantitative estimate of drug-likeness (QED) is 0.0270. The van der Waals surface area contributed by atoms with Gasteiger partial charge in [0.25, 0.3) is 0 Å². The maximum absolute atomic E-state index is 14.1. The summed E-state index contributed by atoms with van der Waals surface area (Å²) in [5.74, 6) is -0.316. The number of phosphoric acid groups is 3. The van der Waals surface area contributed by atoms with E-state index < -0.39 is 162 Å². The van der Waals surface area contributed by atoms with Gasteiger partial charge in [-0.1, -0.05) is 0 Å². The zero-order valence-corrected chi connectivity index (χ0v) is 48.8. The highest BCUT2D eigenvalue weighted by atomic mass is 31.2. The van der Waals surface area contributed by atoms with Crippen LogP contribution in [-0.4, -0.2) is 234 Å². The van der Waals surface area contributed by atoms with Crippen LogP contribution in [0.15, 0.2) is 50.6 Å². The molecule has 4 fully saturated rings. The summed E-state index contributed by atoms with van der Waals surface area (Å²) in [7, 11) is -21.2. The highest BCUT2D eigenvalue weighted by molar-refractivity contribution is 7.52. The van der Waals surface area contributed by atoms with Crippen LogP contribution in [0.1, 0.15) is 24.9 Å². The Kier molecular flexibility index (Phi) is 17.3. The molecule has 0 saturated carbocycles. The van der Waals surface area contributed by atoms with Crippen molar-refractivity contribution in [3.05, 3.63) is 50.6 Å². The highest BCUT2D eigenvalue weighted by Gasteiger charge is 2.55. The van der Waals surface area contributed by atoms with Gasteiger partial charge in [0.2, 0.25) is 0 Å². The molecule has 8 aromatic heterocycles. The first-order valence-corrected chi connectivity index (χ1v) is 32.3. The van der Waals surface area contributed by atoms with Crippen LogP contribution in [0.5, 0.6) is 0 Å². The fraction of sp³-hybridized carbons (Fsp3) is 0.512. The van der Waals surface area contributed by atoms with Crippen molar-refractivity contribution >= 4 is 99.0 Å². The summed E-state index contributed by atoms with van der Waals surface area (Å²) in [6.07, 6.45) is -20.3. The van der Waals surface area contributed by atoms with Gasteiger partial charge in [-0.2, -0.15) is 0 Å². The summed E-state index contributed by atoms with van der Waals surface area (Å²) in [5.41, 5.74) is 24.0. The number of nitrogens with two attached hydrogens (primary N) is 4. The molecule has 18 N–H and O–H groups in total. The average molecular weight is 1350 g/mol. The number of nitrogen functional groups attached to an aromatic ring is 4. The fourth-order valence-corrected chi connectivity index (χ4v) is 13.3. The molecule has 49 heteroatoms. The van der Waals surface area contributed by atoms with Crippen molar-refractivity contribution in [3.63, 3.8) is 0 Å². The van der Waals surface area contributed by atoms with Gasteiger partial charge < -0.3 is 101 Å². The number of fused-ring (bicyclic) bond motifs is 4. The van der Waals surface area contributed by atoms with Crippen LogP contribution in [0, 0.1) is 0 Å². The maximum Gasteiger partial charge on any atom is 0.472 e. The van der Waals surface area contributed by atoms with Gasteiger partial charge in [0.05, 0.1) is 51.7 Å². The van der Waals surface area contributed by atoms with E-state index in [0.717, 1.165) is 53.4 Å². The van der Waals surface area contributed by atoms with Crippen LogP contribution in [0.4, 0.5) is 23.3 Å². The molecule has 0 aromatic carbocycles. The number of rotatable bonds is 23. The molecule has 0 bridgehead atoms. The minimum atomic E-state index is -5.58. The molecule has 4 aliphatic rings. The molecule has 0 radical (unpaired) electrons. The Balaban J connectivity index is 0.738. The zero-order chi connectivity index (χ0) is 63.9. The second-order valence-corrected chi connectivity index (χ2v) is 26.0. The fourth-order valence-electron chi connectivity index (χ4n) is 10.3. The van der Waals surface area contributed by atoms with Crippen LogP contribution >= 0.6 is 31.1 Å². The van der Waals surface area contributed by atoms with Crippen molar-refractivity contribution in [3.8, 4) is 0 Å². The standard InChI is InChI=1S/C41H52N20O25P4/c42-30-18-34(50-5-46-30)58(9-54-18)38-26(66)22(62)14(81-38)1-77-87(67,68)13-76-27-23(63)16(82-39(27)59-10-55-19-31(43)47-6-51-35(19)59)3-79-89(72,73)86-29-25(65)17(84-41(29)61-12-57-21-33(45)49-8-53-37(21)61)4-80-90(74,75)85-28-24(64)15(2-78-88(69,70)71)83-40(28)60-11-56-20-32(44)48-7-52-36(20)60/h5-12,14-17,22-29,38-41,62-66H,1-4,13H2,(H,67,68)(H,72,73)(H,74,75)(H2,42,46,50)(H2,43,47,51)(H2,44,48,52)(H2,45,49,53)(H2,69,70,71)/t14-,15-,16-,17-,22-,23+,24-,25-,26-,27-,28-,29-,38-,39-,40-,41-/m1/s1. The van der Waals surface area contributed by atoms with Crippen molar-refractivity contribution in [2.75, 3.05) is 55.7 Å². The molecule has 12 rings (SSSR count). The van der Waals surface area contributed by atoms with Crippen LogP contribution in [0.25, 0.3) is 44.7 Å². The summed E-state index contributed by atoms with van der Waals surface area (Å²) in [6, 6.07) is 0. The maximum atomic E-state index is 14.1. The van der Waals surface area contributed by atoms with E-state index in [-0.39, 0.29) is 67.9 Å². The molecule has 4 saturated heterocycles. The number of aromatic nitrogens is 16. The normalized spacial score (nSPS) is 31.1. The van der Waals surface area contributed by atoms with Gasteiger partial charge in [-0.25, -0.2) is 73.5 Å². The predicted molar refractivity (Wildman–Crippen MR) is 289 cm³/mol. The molecule has 12 heterocycles. The molecule has 8 aromatic rings.